The Labute approximate surface area is 356 Å². The third kappa shape index (κ3) is 5.43. The van der Waals surface area contributed by atoms with Gasteiger partial charge in [-0.25, -0.2) is 0 Å². The molecule has 0 saturated carbocycles. The van der Waals surface area contributed by atoms with Crippen LogP contribution < -0.4 is 9.80 Å². The van der Waals surface area contributed by atoms with Crippen molar-refractivity contribution in [1.82, 2.24) is 0 Å². The molecule has 0 bridgehead atoms. The van der Waals surface area contributed by atoms with Gasteiger partial charge in [0.2, 0.25) is 0 Å². The molecule has 10 aromatic carbocycles. The molecule has 0 saturated heterocycles. The van der Waals surface area contributed by atoms with E-state index in [1.807, 2.05) is 0 Å². The third-order valence-corrected chi connectivity index (χ3v) is 12.9. The van der Waals surface area contributed by atoms with E-state index < -0.39 is 5.41 Å². The second-order valence-corrected chi connectivity index (χ2v) is 16.1. The van der Waals surface area contributed by atoms with Crippen LogP contribution in [0.4, 0.5) is 34.1 Å². The molecule has 0 fully saturated rings. The van der Waals surface area contributed by atoms with Crippen LogP contribution in [0.25, 0.3) is 44.2 Å². The van der Waals surface area contributed by atoms with Crippen molar-refractivity contribution in [1.29, 1.82) is 0 Å². The summed E-state index contributed by atoms with van der Waals surface area (Å²) in [5.74, 6) is 0. The van der Waals surface area contributed by atoms with E-state index in [9.17, 15) is 0 Å². The van der Waals surface area contributed by atoms with Crippen molar-refractivity contribution in [3.63, 3.8) is 0 Å². The van der Waals surface area contributed by atoms with Crippen molar-refractivity contribution in [2.24, 2.45) is 0 Å². The normalized spacial score (nSPS) is 13.0. The predicted molar refractivity (Wildman–Crippen MR) is 255 cm³/mol. The first-order valence-electron chi connectivity index (χ1n) is 21.1. The van der Waals surface area contributed by atoms with Gasteiger partial charge in [0.15, 0.2) is 0 Å². The molecule has 286 valence electrons. The molecule has 0 amide bonds. The van der Waals surface area contributed by atoms with E-state index in [1.165, 1.54) is 77.8 Å². The van der Waals surface area contributed by atoms with Crippen molar-refractivity contribution in [3.8, 4) is 33.4 Å². The molecule has 1 aliphatic heterocycles. The van der Waals surface area contributed by atoms with Crippen LogP contribution in [0.3, 0.4) is 0 Å². The minimum Gasteiger partial charge on any atom is -0.310 e. The van der Waals surface area contributed by atoms with Crippen LogP contribution in [0.2, 0.25) is 0 Å². The van der Waals surface area contributed by atoms with Crippen LogP contribution in [-0.2, 0) is 5.41 Å². The van der Waals surface area contributed by atoms with Gasteiger partial charge in [0.05, 0.1) is 16.8 Å². The van der Waals surface area contributed by atoms with Gasteiger partial charge in [-0.2, -0.15) is 0 Å². The van der Waals surface area contributed by atoms with E-state index in [4.69, 9.17) is 0 Å². The molecule has 0 aromatic heterocycles. The second-order valence-electron chi connectivity index (χ2n) is 16.1. The van der Waals surface area contributed by atoms with Crippen molar-refractivity contribution in [3.05, 3.63) is 265 Å². The highest BCUT2D eigenvalue weighted by Crippen LogP contribution is 2.57. The average molecular weight is 777 g/mol. The first-order chi connectivity index (χ1) is 30.3. The molecule has 1 aliphatic carbocycles. The Morgan fingerprint density at radius 2 is 0.836 bits per heavy atom. The van der Waals surface area contributed by atoms with E-state index in [0.29, 0.717) is 0 Å². The topological polar surface area (TPSA) is 6.48 Å². The fourth-order valence-corrected chi connectivity index (χ4v) is 10.2. The number of hydrogen-bond donors (Lipinski definition) is 0. The molecule has 0 unspecified atom stereocenters. The van der Waals surface area contributed by atoms with Crippen molar-refractivity contribution in [2.45, 2.75) is 5.41 Å². The van der Waals surface area contributed by atoms with Crippen molar-refractivity contribution in [2.75, 3.05) is 9.80 Å². The van der Waals surface area contributed by atoms with Gasteiger partial charge in [-0.1, -0.05) is 182 Å². The number of para-hydroxylation sites is 1. The Kier molecular flexibility index (Phi) is 8.11. The van der Waals surface area contributed by atoms with Gasteiger partial charge in [-0.05, 0) is 116 Å². The zero-order valence-corrected chi connectivity index (χ0v) is 33.5. The molecule has 0 radical (unpaired) electrons. The number of anilines is 6. The standard InChI is InChI=1S/C59H40N2/c1-4-16-41(17-5-1)42-30-32-46(33-31-42)60(47-34-36-48(37-35-47)61-56-28-13-11-25-52(56)53-26-14-18-43-19-15-29-57(61)58(43)53)49-38-39-51-50-24-10-12-27-54(50)59(55(51)40-49,44-20-6-2-7-21-44)45-22-8-3-9-23-45/h1-40H. The van der Waals surface area contributed by atoms with E-state index in [1.54, 1.807) is 0 Å². The minimum atomic E-state index is -0.504. The Balaban J connectivity index is 1.05. The summed E-state index contributed by atoms with van der Waals surface area (Å²) < 4.78 is 0. The number of benzene rings is 10. The summed E-state index contributed by atoms with van der Waals surface area (Å²) in [6.45, 7) is 0. The lowest BCUT2D eigenvalue weighted by molar-refractivity contribution is 0.768. The van der Waals surface area contributed by atoms with Crippen LogP contribution in [0.1, 0.15) is 22.3 Å². The highest BCUT2D eigenvalue weighted by atomic mass is 15.2. The monoisotopic (exact) mass is 776 g/mol. The molecule has 61 heavy (non-hydrogen) atoms. The number of fused-ring (bicyclic) bond motifs is 5. The number of hydrogen-bond acceptors (Lipinski definition) is 2. The number of nitrogens with zero attached hydrogens (tertiary/aromatic N) is 2. The van der Waals surface area contributed by atoms with Gasteiger partial charge in [0.25, 0.3) is 0 Å². The van der Waals surface area contributed by atoms with Gasteiger partial charge >= 0.3 is 0 Å². The fourth-order valence-electron chi connectivity index (χ4n) is 10.2. The predicted octanol–water partition coefficient (Wildman–Crippen LogP) is 15.8. The van der Waals surface area contributed by atoms with E-state index >= 15 is 0 Å². The highest BCUT2D eigenvalue weighted by Gasteiger charge is 2.46. The molecule has 0 N–H and O–H groups in total. The molecule has 0 spiro atoms. The second kappa shape index (κ2) is 14.1. The highest BCUT2D eigenvalue weighted by molar-refractivity contribution is 6.13. The van der Waals surface area contributed by atoms with Crippen LogP contribution in [0.5, 0.6) is 0 Å². The summed E-state index contributed by atoms with van der Waals surface area (Å²) in [4.78, 5) is 4.84. The smallest absolute Gasteiger partial charge is 0.0714 e. The molecule has 2 nitrogen and oxygen atoms in total. The molecule has 1 heterocycles. The van der Waals surface area contributed by atoms with Crippen molar-refractivity contribution >= 4 is 44.9 Å². The molecular formula is C59H40N2. The van der Waals surface area contributed by atoms with E-state index in [-0.39, 0.29) is 0 Å². The lowest BCUT2D eigenvalue weighted by Gasteiger charge is -2.35. The zero-order chi connectivity index (χ0) is 40.3. The summed E-state index contributed by atoms with van der Waals surface area (Å²) in [5.41, 5.74) is 18.8. The van der Waals surface area contributed by atoms with Crippen LogP contribution in [0, 0.1) is 0 Å². The van der Waals surface area contributed by atoms with Crippen LogP contribution in [0.15, 0.2) is 243 Å². The summed E-state index contributed by atoms with van der Waals surface area (Å²) in [5, 5.41) is 2.53. The minimum absolute atomic E-state index is 0.504. The molecule has 12 rings (SSSR count). The summed E-state index contributed by atoms with van der Waals surface area (Å²) in [6.07, 6.45) is 0. The molecule has 0 atom stereocenters. The molecule has 2 aliphatic rings. The number of rotatable bonds is 7. The van der Waals surface area contributed by atoms with Gasteiger partial charge in [0.1, 0.15) is 0 Å². The van der Waals surface area contributed by atoms with E-state index in [0.717, 1.165) is 22.7 Å². The van der Waals surface area contributed by atoms with Gasteiger partial charge < -0.3 is 9.80 Å². The summed E-state index contributed by atoms with van der Waals surface area (Å²) in [7, 11) is 0. The van der Waals surface area contributed by atoms with Crippen LogP contribution >= 0.6 is 0 Å². The summed E-state index contributed by atoms with van der Waals surface area (Å²) in [6, 6.07) is 89.0. The lowest BCUT2D eigenvalue weighted by atomic mass is 9.67. The molecule has 10 aromatic rings. The third-order valence-electron chi connectivity index (χ3n) is 12.9. The Morgan fingerprint density at radius 3 is 1.54 bits per heavy atom. The summed E-state index contributed by atoms with van der Waals surface area (Å²) >= 11 is 0. The maximum atomic E-state index is 2.45. The maximum Gasteiger partial charge on any atom is 0.0714 e. The molecule has 2 heteroatoms. The Bertz CT molecular complexity index is 3180. The maximum absolute atomic E-state index is 2.45. The quantitative estimate of drug-likeness (QED) is 0.159. The average Bonchev–Trinajstić information content (AvgIpc) is 3.64. The van der Waals surface area contributed by atoms with E-state index in [2.05, 4.69) is 252 Å². The fraction of sp³-hybridized carbons (Fsp3) is 0.0169. The zero-order valence-electron chi connectivity index (χ0n) is 33.5. The Hall–Kier alpha value is -7.94. The lowest BCUT2D eigenvalue weighted by Crippen LogP contribution is -2.28. The molecular weight excluding hydrogens is 737 g/mol. The van der Waals surface area contributed by atoms with Gasteiger partial charge in [0, 0.05) is 33.7 Å². The van der Waals surface area contributed by atoms with Gasteiger partial charge in [-0.15, -0.1) is 0 Å². The van der Waals surface area contributed by atoms with Gasteiger partial charge in [-0.3, -0.25) is 0 Å². The van der Waals surface area contributed by atoms with Crippen LogP contribution in [-0.4, -0.2) is 0 Å². The first kappa shape index (κ1) is 35.0. The van der Waals surface area contributed by atoms with Crippen molar-refractivity contribution < 1.29 is 0 Å². The largest absolute Gasteiger partial charge is 0.310 e. The first-order valence-corrected chi connectivity index (χ1v) is 21.1. The SMILES string of the molecule is c1ccc(-c2ccc(N(c3ccc(N4c5ccccc5-c5cccc6cccc4c56)cc3)c3ccc4c(c3)C(c3ccccc3)(c3ccccc3)c3ccccc3-4)cc2)cc1. The Morgan fingerprint density at radius 1 is 0.328 bits per heavy atom.